The molecule has 2 aromatic heterocycles. The second kappa shape index (κ2) is 11.4. The molecule has 40 heavy (non-hydrogen) atoms. The minimum atomic E-state index is -0.345. The first-order valence-corrected chi connectivity index (χ1v) is 13.6. The number of aromatic nitrogens is 2. The molecule has 0 fully saturated rings. The first-order valence-electron chi connectivity index (χ1n) is 13.2. The molecule has 7 heteroatoms. The van der Waals surface area contributed by atoms with Gasteiger partial charge in [-0.1, -0.05) is 86.1 Å². The third-order valence-corrected chi connectivity index (χ3v) is 7.60. The number of amides is 1. The molecule has 1 N–H and O–H groups in total. The standard InChI is InChI=1S/C33H32ClN3O3/c1-22-31(23(2)37(36-22)20-24-10-8-9-13-29(24)34)35-32(38)30-19-18-28(40-30)21-39-27-16-14-26(15-17-27)33(3,4)25-11-6-5-7-12-25/h5-19H,20-21H2,1-4H3,(H,35,38). The van der Waals surface area contributed by atoms with Gasteiger partial charge in [-0.15, -0.1) is 0 Å². The molecule has 1 amide bonds. The monoisotopic (exact) mass is 553 g/mol. The van der Waals surface area contributed by atoms with Crippen molar-refractivity contribution in [3.8, 4) is 5.75 Å². The van der Waals surface area contributed by atoms with Crippen molar-refractivity contribution in [2.45, 2.75) is 46.3 Å². The summed E-state index contributed by atoms with van der Waals surface area (Å²) in [4.78, 5) is 13.0. The summed E-state index contributed by atoms with van der Waals surface area (Å²) in [5.74, 6) is 1.15. The van der Waals surface area contributed by atoms with E-state index in [1.807, 2.05) is 61.0 Å². The predicted octanol–water partition coefficient (Wildman–Crippen LogP) is 7.95. The van der Waals surface area contributed by atoms with E-state index in [1.165, 1.54) is 11.1 Å². The number of halogens is 1. The van der Waals surface area contributed by atoms with Gasteiger partial charge in [0.05, 0.1) is 23.6 Å². The fourth-order valence-electron chi connectivity index (χ4n) is 4.72. The van der Waals surface area contributed by atoms with Crippen molar-refractivity contribution in [3.63, 3.8) is 0 Å². The third kappa shape index (κ3) is 5.82. The first kappa shape index (κ1) is 27.3. The fourth-order valence-corrected chi connectivity index (χ4v) is 4.91. The maximum absolute atomic E-state index is 13.0. The number of hydrogen-bond donors (Lipinski definition) is 1. The molecule has 0 atom stereocenters. The summed E-state index contributed by atoms with van der Waals surface area (Å²) in [6.45, 7) is 8.91. The van der Waals surface area contributed by atoms with Gasteiger partial charge in [0.1, 0.15) is 18.1 Å². The van der Waals surface area contributed by atoms with E-state index >= 15 is 0 Å². The molecule has 6 nitrogen and oxygen atoms in total. The van der Waals surface area contributed by atoms with Crippen LogP contribution in [0.5, 0.6) is 5.75 Å². The molecular weight excluding hydrogens is 522 g/mol. The van der Waals surface area contributed by atoms with E-state index in [4.69, 9.17) is 20.8 Å². The Balaban J connectivity index is 1.20. The van der Waals surface area contributed by atoms with Crippen molar-refractivity contribution in [3.05, 3.63) is 136 Å². The number of rotatable bonds is 9. The second-order valence-electron chi connectivity index (χ2n) is 10.3. The van der Waals surface area contributed by atoms with E-state index < -0.39 is 0 Å². The summed E-state index contributed by atoms with van der Waals surface area (Å²) in [5.41, 5.74) is 5.49. The maximum Gasteiger partial charge on any atom is 0.291 e. The summed E-state index contributed by atoms with van der Waals surface area (Å²) in [5, 5.41) is 8.22. The lowest BCUT2D eigenvalue weighted by Gasteiger charge is -2.26. The van der Waals surface area contributed by atoms with Gasteiger partial charge < -0.3 is 14.5 Å². The van der Waals surface area contributed by atoms with E-state index in [0.717, 1.165) is 17.0 Å². The highest BCUT2D eigenvalue weighted by Gasteiger charge is 2.23. The molecule has 0 aliphatic rings. The van der Waals surface area contributed by atoms with E-state index in [9.17, 15) is 4.79 Å². The minimum absolute atomic E-state index is 0.120. The third-order valence-electron chi connectivity index (χ3n) is 7.24. The molecular formula is C33H32ClN3O3. The number of carbonyl (C=O) groups is 1. The molecule has 0 aliphatic heterocycles. The summed E-state index contributed by atoms with van der Waals surface area (Å²) in [6, 6.07) is 29.6. The quantitative estimate of drug-likeness (QED) is 0.201. The highest BCUT2D eigenvalue weighted by Crippen LogP contribution is 2.32. The van der Waals surface area contributed by atoms with Crippen LogP contribution < -0.4 is 10.1 Å². The average molecular weight is 554 g/mol. The van der Waals surface area contributed by atoms with Gasteiger partial charge in [0.25, 0.3) is 5.91 Å². The number of anilines is 1. The van der Waals surface area contributed by atoms with Crippen molar-refractivity contribution in [2.75, 3.05) is 5.32 Å². The van der Waals surface area contributed by atoms with Crippen molar-refractivity contribution in [1.82, 2.24) is 9.78 Å². The zero-order valence-electron chi connectivity index (χ0n) is 23.1. The Hall–Kier alpha value is -4.29. The highest BCUT2D eigenvalue weighted by atomic mass is 35.5. The zero-order valence-corrected chi connectivity index (χ0v) is 23.8. The number of aryl methyl sites for hydroxylation is 1. The van der Waals surface area contributed by atoms with Crippen LogP contribution in [-0.4, -0.2) is 15.7 Å². The minimum Gasteiger partial charge on any atom is -0.486 e. The van der Waals surface area contributed by atoms with E-state index in [-0.39, 0.29) is 23.7 Å². The first-order chi connectivity index (χ1) is 19.2. The SMILES string of the molecule is Cc1nn(Cc2ccccc2Cl)c(C)c1NC(=O)c1ccc(COc2ccc(C(C)(C)c3ccccc3)cc2)o1. The van der Waals surface area contributed by atoms with Gasteiger partial charge in [-0.05, 0) is 60.9 Å². The van der Waals surface area contributed by atoms with E-state index in [0.29, 0.717) is 28.7 Å². The van der Waals surface area contributed by atoms with Gasteiger partial charge in [-0.3, -0.25) is 9.48 Å². The molecule has 0 unspecified atom stereocenters. The molecule has 5 rings (SSSR count). The van der Waals surface area contributed by atoms with E-state index in [1.54, 1.807) is 12.1 Å². The van der Waals surface area contributed by atoms with Crippen molar-refractivity contribution >= 4 is 23.2 Å². The van der Waals surface area contributed by atoms with Crippen molar-refractivity contribution < 1.29 is 13.9 Å². The highest BCUT2D eigenvalue weighted by molar-refractivity contribution is 6.31. The Kier molecular flexibility index (Phi) is 7.81. The molecule has 0 spiro atoms. The van der Waals surface area contributed by atoms with Crippen LogP contribution in [0, 0.1) is 13.8 Å². The summed E-state index contributed by atoms with van der Waals surface area (Å²) >= 11 is 6.32. The van der Waals surface area contributed by atoms with E-state index in [2.05, 4.69) is 60.7 Å². The molecule has 0 bridgehead atoms. The van der Waals surface area contributed by atoms with Crippen LogP contribution in [-0.2, 0) is 18.6 Å². The predicted molar refractivity (Wildman–Crippen MR) is 158 cm³/mol. The smallest absolute Gasteiger partial charge is 0.291 e. The van der Waals surface area contributed by atoms with Gasteiger partial charge in [-0.2, -0.15) is 5.10 Å². The lowest BCUT2D eigenvalue weighted by Crippen LogP contribution is -2.18. The van der Waals surface area contributed by atoms with Gasteiger partial charge in [-0.25, -0.2) is 0 Å². The molecule has 2 heterocycles. The Labute approximate surface area is 239 Å². The number of ether oxygens (including phenoxy) is 1. The van der Waals surface area contributed by atoms with Crippen LogP contribution in [0.2, 0.25) is 5.02 Å². The maximum atomic E-state index is 13.0. The Morgan fingerprint density at radius 1 is 0.925 bits per heavy atom. The average Bonchev–Trinajstić information content (AvgIpc) is 3.54. The number of benzene rings is 3. The number of nitrogens with zero attached hydrogens (tertiary/aromatic N) is 2. The normalized spacial score (nSPS) is 11.4. The van der Waals surface area contributed by atoms with Crippen LogP contribution in [0.4, 0.5) is 5.69 Å². The molecule has 0 radical (unpaired) electrons. The number of furan rings is 1. The number of carbonyl (C=O) groups excluding carboxylic acids is 1. The van der Waals surface area contributed by atoms with Crippen LogP contribution in [0.3, 0.4) is 0 Å². The van der Waals surface area contributed by atoms with Crippen molar-refractivity contribution in [1.29, 1.82) is 0 Å². The Morgan fingerprint density at radius 2 is 1.60 bits per heavy atom. The number of nitrogens with one attached hydrogen (secondary N) is 1. The summed E-state index contributed by atoms with van der Waals surface area (Å²) in [7, 11) is 0. The van der Waals surface area contributed by atoms with Crippen molar-refractivity contribution in [2.24, 2.45) is 0 Å². The lowest BCUT2D eigenvalue weighted by atomic mass is 9.78. The fraction of sp³-hybridized carbons (Fsp3) is 0.212. The Morgan fingerprint density at radius 3 is 2.33 bits per heavy atom. The topological polar surface area (TPSA) is 69.3 Å². The zero-order chi connectivity index (χ0) is 28.3. The van der Waals surface area contributed by atoms with Crippen LogP contribution in [0.15, 0.2) is 95.4 Å². The molecule has 0 aliphatic carbocycles. The molecule has 3 aromatic carbocycles. The lowest BCUT2D eigenvalue weighted by molar-refractivity contribution is 0.0992. The van der Waals surface area contributed by atoms with Gasteiger partial charge in [0.15, 0.2) is 5.76 Å². The molecule has 0 saturated heterocycles. The van der Waals surface area contributed by atoms with Crippen LogP contribution in [0.1, 0.15) is 58.2 Å². The Bertz CT molecular complexity index is 1620. The van der Waals surface area contributed by atoms with Gasteiger partial charge in [0.2, 0.25) is 0 Å². The summed E-state index contributed by atoms with van der Waals surface area (Å²) < 4.78 is 13.6. The largest absolute Gasteiger partial charge is 0.486 e. The second-order valence-corrected chi connectivity index (χ2v) is 10.7. The molecule has 0 saturated carbocycles. The summed E-state index contributed by atoms with van der Waals surface area (Å²) in [6.07, 6.45) is 0. The van der Waals surface area contributed by atoms with Gasteiger partial charge >= 0.3 is 0 Å². The molecule has 5 aromatic rings. The van der Waals surface area contributed by atoms with Crippen LogP contribution >= 0.6 is 11.6 Å². The van der Waals surface area contributed by atoms with Crippen LogP contribution in [0.25, 0.3) is 0 Å². The molecule has 204 valence electrons. The van der Waals surface area contributed by atoms with Gasteiger partial charge in [0, 0.05) is 10.4 Å². The number of hydrogen-bond acceptors (Lipinski definition) is 4.